The third kappa shape index (κ3) is 2.57. The number of fused-ring (bicyclic) bond motifs is 4. The lowest BCUT2D eigenvalue weighted by Crippen LogP contribution is -1.92. The maximum Gasteiger partial charge on any atom is 0.100 e. The molecular formula is C25H16N4. The summed E-state index contributed by atoms with van der Waals surface area (Å²) in [5.74, 6) is 0. The van der Waals surface area contributed by atoms with E-state index in [1.54, 1.807) is 0 Å². The number of hydrogen-bond donors (Lipinski definition) is 0. The Morgan fingerprint density at radius 3 is 2.38 bits per heavy atom. The van der Waals surface area contributed by atoms with Gasteiger partial charge >= 0.3 is 0 Å². The molecule has 0 radical (unpaired) electrons. The minimum atomic E-state index is 0.938. The Morgan fingerprint density at radius 1 is 0.621 bits per heavy atom. The molecule has 0 saturated heterocycles. The van der Waals surface area contributed by atoms with Crippen LogP contribution in [-0.2, 0) is 0 Å². The Kier molecular flexibility index (Phi) is 3.43. The van der Waals surface area contributed by atoms with Gasteiger partial charge in [-0.3, -0.25) is 14.5 Å². The van der Waals surface area contributed by atoms with Crippen LogP contribution in [0.15, 0.2) is 97.6 Å². The van der Waals surface area contributed by atoms with Crippen molar-refractivity contribution in [3.63, 3.8) is 0 Å². The molecule has 6 rings (SSSR count). The SMILES string of the molecule is c1cnc2c(c1)ccc1cc(-c3ccc(-n4cnc5ccccc54)cc3)cnc12. The van der Waals surface area contributed by atoms with Crippen LogP contribution in [0, 0.1) is 0 Å². The maximum atomic E-state index is 4.72. The fourth-order valence-corrected chi connectivity index (χ4v) is 3.87. The summed E-state index contributed by atoms with van der Waals surface area (Å²) in [5, 5.41) is 2.20. The lowest BCUT2D eigenvalue weighted by molar-refractivity contribution is 1.09. The molecule has 0 fully saturated rings. The Bertz CT molecular complexity index is 1500. The molecule has 0 amide bonds. The zero-order chi connectivity index (χ0) is 19.2. The Morgan fingerprint density at radius 2 is 1.45 bits per heavy atom. The molecule has 3 aromatic carbocycles. The van der Waals surface area contributed by atoms with Crippen molar-refractivity contribution in [2.24, 2.45) is 0 Å². The molecule has 136 valence electrons. The second-order valence-corrected chi connectivity index (χ2v) is 7.09. The summed E-state index contributed by atoms with van der Waals surface area (Å²) in [6.07, 6.45) is 5.61. The van der Waals surface area contributed by atoms with Crippen molar-refractivity contribution < 1.29 is 0 Å². The van der Waals surface area contributed by atoms with Gasteiger partial charge in [-0.15, -0.1) is 0 Å². The van der Waals surface area contributed by atoms with Crippen LogP contribution in [0.2, 0.25) is 0 Å². The lowest BCUT2D eigenvalue weighted by Gasteiger charge is -2.08. The van der Waals surface area contributed by atoms with Crippen LogP contribution in [-0.4, -0.2) is 19.5 Å². The first-order valence-corrected chi connectivity index (χ1v) is 9.53. The van der Waals surface area contributed by atoms with Crippen LogP contribution in [0.1, 0.15) is 0 Å². The molecule has 0 aliphatic rings. The fraction of sp³-hybridized carbons (Fsp3) is 0. The predicted molar refractivity (Wildman–Crippen MR) is 117 cm³/mol. The summed E-state index contributed by atoms with van der Waals surface area (Å²) < 4.78 is 2.11. The molecule has 0 bridgehead atoms. The van der Waals surface area contributed by atoms with Crippen LogP contribution in [0.25, 0.3) is 49.7 Å². The van der Waals surface area contributed by atoms with E-state index in [9.17, 15) is 0 Å². The molecule has 4 heteroatoms. The van der Waals surface area contributed by atoms with Crippen molar-refractivity contribution in [2.75, 3.05) is 0 Å². The van der Waals surface area contributed by atoms with E-state index in [4.69, 9.17) is 4.98 Å². The van der Waals surface area contributed by atoms with Crippen molar-refractivity contribution >= 4 is 32.8 Å². The normalized spacial score (nSPS) is 11.4. The van der Waals surface area contributed by atoms with E-state index < -0.39 is 0 Å². The third-order valence-corrected chi connectivity index (χ3v) is 5.36. The molecule has 0 N–H and O–H groups in total. The van der Waals surface area contributed by atoms with Gasteiger partial charge < -0.3 is 0 Å². The highest BCUT2D eigenvalue weighted by Gasteiger charge is 2.07. The summed E-state index contributed by atoms with van der Waals surface area (Å²) in [6, 6.07) is 27.1. The lowest BCUT2D eigenvalue weighted by atomic mass is 10.0. The van der Waals surface area contributed by atoms with Gasteiger partial charge in [0.1, 0.15) is 6.33 Å². The smallest absolute Gasteiger partial charge is 0.100 e. The Labute approximate surface area is 167 Å². The molecule has 29 heavy (non-hydrogen) atoms. The first kappa shape index (κ1) is 16.0. The zero-order valence-corrected chi connectivity index (χ0v) is 15.5. The van der Waals surface area contributed by atoms with Crippen LogP contribution in [0.5, 0.6) is 0 Å². The van der Waals surface area contributed by atoms with Crippen LogP contribution in [0.4, 0.5) is 0 Å². The number of para-hydroxylation sites is 2. The van der Waals surface area contributed by atoms with E-state index in [-0.39, 0.29) is 0 Å². The highest BCUT2D eigenvalue weighted by molar-refractivity contribution is 6.03. The Hall–Kier alpha value is -4.05. The second-order valence-electron chi connectivity index (χ2n) is 7.09. The second kappa shape index (κ2) is 6.24. The number of nitrogens with zero attached hydrogens (tertiary/aromatic N) is 4. The summed E-state index contributed by atoms with van der Waals surface area (Å²) in [4.78, 5) is 13.7. The number of hydrogen-bond acceptors (Lipinski definition) is 3. The average molecular weight is 372 g/mol. The van der Waals surface area contributed by atoms with Gasteiger partial charge in [-0.05, 0) is 42.0 Å². The van der Waals surface area contributed by atoms with E-state index in [1.807, 2.05) is 43.0 Å². The number of benzene rings is 3. The molecular weight excluding hydrogens is 356 g/mol. The van der Waals surface area contributed by atoms with Crippen molar-refractivity contribution in [1.29, 1.82) is 0 Å². The molecule has 0 spiro atoms. The minimum Gasteiger partial charge on any atom is -0.299 e. The molecule has 0 unspecified atom stereocenters. The van der Waals surface area contributed by atoms with Gasteiger partial charge in [0, 0.05) is 34.4 Å². The van der Waals surface area contributed by atoms with Gasteiger partial charge in [-0.1, -0.05) is 42.5 Å². The van der Waals surface area contributed by atoms with Gasteiger partial charge in [0.25, 0.3) is 0 Å². The van der Waals surface area contributed by atoms with Gasteiger partial charge in [0.15, 0.2) is 0 Å². The van der Waals surface area contributed by atoms with E-state index in [0.717, 1.165) is 49.7 Å². The number of aromatic nitrogens is 4. The molecule has 0 aliphatic heterocycles. The Balaban J connectivity index is 1.42. The molecule has 6 aromatic rings. The van der Waals surface area contributed by atoms with Crippen LogP contribution < -0.4 is 0 Å². The number of imidazole rings is 1. The molecule has 0 saturated carbocycles. The van der Waals surface area contributed by atoms with Crippen molar-refractivity contribution in [2.45, 2.75) is 0 Å². The van der Waals surface area contributed by atoms with Crippen molar-refractivity contribution in [3.8, 4) is 16.8 Å². The quantitative estimate of drug-likeness (QED) is 0.361. The summed E-state index contributed by atoms with van der Waals surface area (Å²) >= 11 is 0. The maximum absolute atomic E-state index is 4.72. The van der Waals surface area contributed by atoms with Crippen molar-refractivity contribution in [1.82, 2.24) is 19.5 Å². The predicted octanol–water partition coefficient (Wildman–Crippen LogP) is 5.79. The van der Waals surface area contributed by atoms with Crippen molar-refractivity contribution in [3.05, 3.63) is 97.6 Å². The van der Waals surface area contributed by atoms with Gasteiger partial charge in [0.2, 0.25) is 0 Å². The molecule has 0 aliphatic carbocycles. The zero-order valence-electron chi connectivity index (χ0n) is 15.5. The highest BCUT2D eigenvalue weighted by atomic mass is 15.0. The number of pyridine rings is 2. The van der Waals surface area contributed by atoms with Gasteiger partial charge in [0.05, 0.1) is 22.1 Å². The summed E-state index contributed by atoms with van der Waals surface area (Å²) in [7, 11) is 0. The van der Waals surface area contributed by atoms with E-state index in [2.05, 4.69) is 69.1 Å². The molecule has 3 aromatic heterocycles. The van der Waals surface area contributed by atoms with Gasteiger partial charge in [-0.25, -0.2) is 4.98 Å². The van der Waals surface area contributed by atoms with Crippen LogP contribution >= 0.6 is 0 Å². The summed E-state index contributed by atoms with van der Waals surface area (Å²) in [5.41, 5.74) is 7.30. The highest BCUT2D eigenvalue weighted by Crippen LogP contribution is 2.28. The fourth-order valence-electron chi connectivity index (χ4n) is 3.87. The first-order valence-electron chi connectivity index (χ1n) is 9.53. The number of rotatable bonds is 2. The average Bonchev–Trinajstić information content (AvgIpc) is 3.23. The third-order valence-electron chi connectivity index (χ3n) is 5.36. The summed E-state index contributed by atoms with van der Waals surface area (Å²) in [6.45, 7) is 0. The van der Waals surface area contributed by atoms with E-state index in [1.165, 1.54) is 0 Å². The minimum absolute atomic E-state index is 0.938. The van der Waals surface area contributed by atoms with Crippen LogP contribution in [0.3, 0.4) is 0 Å². The first-order chi connectivity index (χ1) is 14.4. The monoisotopic (exact) mass is 372 g/mol. The topological polar surface area (TPSA) is 43.6 Å². The molecule has 0 atom stereocenters. The largest absolute Gasteiger partial charge is 0.299 e. The standard InChI is InChI=1S/C25H16N4/c1-2-6-23-22(5-1)28-16-29(23)21-11-9-17(10-12-21)20-14-19-8-7-18-4-3-13-26-24(18)25(19)27-15-20/h1-16H. The van der Waals surface area contributed by atoms with E-state index >= 15 is 0 Å². The van der Waals surface area contributed by atoms with E-state index in [0.29, 0.717) is 0 Å². The molecule has 4 nitrogen and oxygen atoms in total. The molecule has 3 heterocycles. The van der Waals surface area contributed by atoms with Gasteiger partial charge in [-0.2, -0.15) is 0 Å².